The molecule has 0 fully saturated rings. The average molecular weight is 336 g/mol. The van der Waals surface area contributed by atoms with Gasteiger partial charge in [-0.2, -0.15) is 0 Å². The zero-order valence-corrected chi connectivity index (χ0v) is 13.3. The Bertz CT molecular complexity index is 994. The molecule has 3 N–H and O–H groups in total. The standard InChI is InChI=1S/C19H16N2O4/c22-19(23)14-8-12-11-3-1-2-4-13(11)20-18(12)17(21-14)10-5-6-15-16(7-10)25-9-24-15/h1-7,14,17,20-21H,8-9H2,(H,22,23)/t14-,17+/m1/s1. The second-order valence-electron chi connectivity index (χ2n) is 6.37. The van der Waals surface area contributed by atoms with Gasteiger partial charge in [-0.3, -0.25) is 10.1 Å². The number of carboxylic acids is 1. The van der Waals surface area contributed by atoms with Crippen LogP contribution >= 0.6 is 0 Å². The Kier molecular flexibility index (Phi) is 3.02. The second-order valence-corrected chi connectivity index (χ2v) is 6.37. The first-order chi connectivity index (χ1) is 12.2. The lowest BCUT2D eigenvalue weighted by molar-refractivity contribution is -0.139. The van der Waals surface area contributed by atoms with E-state index in [1.165, 1.54) is 0 Å². The lowest BCUT2D eigenvalue weighted by Crippen LogP contribution is -2.44. The Labute approximate surface area is 143 Å². The van der Waals surface area contributed by atoms with Gasteiger partial charge in [-0.15, -0.1) is 0 Å². The molecule has 0 spiro atoms. The highest BCUT2D eigenvalue weighted by Crippen LogP contribution is 2.39. The van der Waals surface area contributed by atoms with Crippen molar-refractivity contribution in [1.29, 1.82) is 0 Å². The van der Waals surface area contributed by atoms with Crippen LogP contribution in [0, 0.1) is 0 Å². The highest BCUT2D eigenvalue weighted by Gasteiger charge is 2.34. The molecule has 0 unspecified atom stereocenters. The number of aromatic amines is 1. The number of H-pyrrole nitrogens is 1. The molecule has 0 saturated heterocycles. The molecule has 2 aromatic carbocycles. The molecule has 3 aromatic rings. The highest BCUT2D eigenvalue weighted by molar-refractivity contribution is 5.87. The maximum atomic E-state index is 11.7. The molecular formula is C19H16N2O4. The maximum absolute atomic E-state index is 11.7. The fourth-order valence-electron chi connectivity index (χ4n) is 3.75. The summed E-state index contributed by atoms with van der Waals surface area (Å²) < 4.78 is 10.8. The van der Waals surface area contributed by atoms with Gasteiger partial charge in [0.15, 0.2) is 11.5 Å². The number of aliphatic carboxylic acids is 1. The monoisotopic (exact) mass is 336 g/mol. The Morgan fingerprint density at radius 1 is 1.12 bits per heavy atom. The second kappa shape index (κ2) is 5.26. The Balaban J connectivity index is 1.67. The largest absolute Gasteiger partial charge is 0.480 e. The van der Waals surface area contributed by atoms with Crippen LogP contribution in [0.2, 0.25) is 0 Å². The predicted molar refractivity (Wildman–Crippen MR) is 91.0 cm³/mol. The lowest BCUT2D eigenvalue weighted by atomic mass is 9.90. The summed E-state index contributed by atoms with van der Waals surface area (Å²) in [5, 5.41) is 13.9. The summed E-state index contributed by atoms with van der Waals surface area (Å²) in [4.78, 5) is 15.1. The van der Waals surface area contributed by atoms with Crippen molar-refractivity contribution in [2.45, 2.75) is 18.5 Å². The normalized spacial score (nSPS) is 21.3. The zero-order chi connectivity index (χ0) is 17.0. The number of nitrogens with one attached hydrogen (secondary N) is 2. The number of para-hydroxylation sites is 1. The van der Waals surface area contributed by atoms with E-state index in [2.05, 4.69) is 10.3 Å². The smallest absolute Gasteiger partial charge is 0.321 e. The molecule has 0 radical (unpaired) electrons. The van der Waals surface area contributed by atoms with E-state index in [-0.39, 0.29) is 12.8 Å². The number of aromatic nitrogens is 1. The van der Waals surface area contributed by atoms with Crippen molar-refractivity contribution < 1.29 is 19.4 Å². The highest BCUT2D eigenvalue weighted by atomic mass is 16.7. The van der Waals surface area contributed by atoms with Crippen LogP contribution in [0.25, 0.3) is 10.9 Å². The SMILES string of the molecule is O=C(O)[C@H]1Cc2c([nH]c3ccccc23)[C@H](c2ccc3c(c2)OCO3)N1. The molecule has 0 amide bonds. The van der Waals surface area contributed by atoms with Gasteiger partial charge in [0.1, 0.15) is 6.04 Å². The van der Waals surface area contributed by atoms with Gasteiger partial charge < -0.3 is 19.6 Å². The van der Waals surface area contributed by atoms with Crippen molar-refractivity contribution in [1.82, 2.24) is 10.3 Å². The number of fused-ring (bicyclic) bond motifs is 4. The summed E-state index contributed by atoms with van der Waals surface area (Å²) in [6.45, 7) is 0.215. The van der Waals surface area contributed by atoms with E-state index in [9.17, 15) is 9.90 Å². The third-order valence-corrected chi connectivity index (χ3v) is 4.94. The fraction of sp³-hybridized carbons (Fsp3) is 0.211. The summed E-state index contributed by atoms with van der Waals surface area (Å²) in [6.07, 6.45) is 0.454. The molecule has 5 rings (SSSR count). The number of rotatable bonds is 2. The Hall–Kier alpha value is -2.99. The van der Waals surface area contributed by atoms with Gasteiger partial charge in [0.25, 0.3) is 0 Å². The zero-order valence-electron chi connectivity index (χ0n) is 13.3. The van der Waals surface area contributed by atoms with E-state index in [0.29, 0.717) is 17.9 Å². The van der Waals surface area contributed by atoms with Gasteiger partial charge in [0.2, 0.25) is 6.79 Å². The minimum absolute atomic E-state index is 0.215. The molecule has 3 heterocycles. The molecule has 0 aliphatic carbocycles. The van der Waals surface area contributed by atoms with Crippen molar-refractivity contribution >= 4 is 16.9 Å². The van der Waals surface area contributed by atoms with Crippen LogP contribution in [0.4, 0.5) is 0 Å². The molecule has 6 heteroatoms. The van der Waals surface area contributed by atoms with Crippen LogP contribution in [-0.4, -0.2) is 28.9 Å². The van der Waals surface area contributed by atoms with Crippen molar-refractivity contribution in [3.63, 3.8) is 0 Å². The first kappa shape index (κ1) is 14.4. The quantitative estimate of drug-likeness (QED) is 0.670. The van der Waals surface area contributed by atoms with Gasteiger partial charge in [0.05, 0.1) is 6.04 Å². The third kappa shape index (κ3) is 2.18. The van der Waals surface area contributed by atoms with E-state index in [0.717, 1.165) is 27.7 Å². The molecule has 126 valence electrons. The molecule has 0 saturated carbocycles. The molecule has 6 nitrogen and oxygen atoms in total. The minimum atomic E-state index is -0.846. The Morgan fingerprint density at radius 3 is 2.84 bits per heavy atom. The van der Waals surface area contributed by atoms with Gasteiger partial charge in [-0.05, 0) is 29.3 Å². The van der Waals surface area contributed by atoms with Crippen molar-refractivity contribution in [2.75, 3.05) is 6.79 Å². The third-order valence-electron chi connectivity index (χ3n) is 4.94. The van der Waals surface area contributed by atoms with Crippen molar-refractivity contribution in [3.05, 3.63) is 59.3 Å². The Morgan fingerprint density at radius 2 is 1.96 bits per heavy atom. The number of benzene rings is 2. The molecule has 1 aromatic heterocycles. The maximum Gasteiger partial charge on any atom is 0.321 e. The van der Waals surface area contributed by atoms with Crippen LogP contribution in [0.3, 0.4) is 0 Å². The van der Waals surface area contributed by atoms with Crippen molar-refractivity contribution in [2.24, 2.45) is 0 Å². The van der Waals surface area contributed by atoms with Crippen LogP contribution in [0.5, 0.6) is 11.5 Å². The van der Waals surface area contributed by atoms with Crippen molar-refractivity contribution in [3.8, 4) is 11.5 Å². The molecule has 0 bridgehead atoms. The van der Waals surface area contributed by atoms with Gasteiger partial charge >= 0.3 is 5.97 Å². The average Bonchev–Trinajstić information content (AvgIpc) is 3.24. The van der Waals surface area contributed by atoms with Gasteiger partial charge in [0, 0.05) is 23.0 Å². The summed E-state index contributed by atoms with van der Waals surface area (Å²) >= 11 is 0. The first-order valence-electron chi connectivity index (χ1n) is 8.18. The fourth-order valence-corrected chi connectivity index (χ4v) is 3.75. The molecule has 2 aliphatic rings. The molecular weight excluding hydrogens is 320 g/mol. The van der Waals surface area contributed by atoms with E-state index < -0.39 is 12.0 Å². The van der Waals surface area contributed by atoms with E-state index in [1.54, 1.807) is 0 Å². The first-order valence-corrected chi connectivity index (χ1v) is 8.18. The number of hydrogen-bond donors (Lipinski definition) is 3. The molecule has 25 heavy (non-hydrogen) atoms. The number of carboxylic acid groups (broad SMARTS) is 1. The number of carbonyl (C=O) groups is 1. The van der Waals surface area contributed by atoms with Gasteiger partial charge in [-0.1, -0.05) is 24.3 Å². The van der Waals surface area contributed by atoms with E-state index in [4.69, 9.17) is 9.47 Å². The van der Waals surface area contributed by atoms with E-state index in [1.807, 2.05) is 42.5 Å². The summed E-state index contributed by atoms with van der Waals surface area (Å²) in [5.74, 6) is 0.558. The number of hydrogen-bond acceptors (Lipinski definition) is 4. The predicted octanol–water partition coefficient (Wildman–Crippen LogP) is 2.58. The summed E-state index contributed by atoms with van der Waals surface area (Å²) in [6, 6.07) is 12.8. The van der Waals surface area contributed by atoms with Crippen LogP contribution in [0.15, 0.2) is 42.5 Å². The number of ether oxygens (including phenoxy) is 2. The van der Waals surface area contributed by atoms with Gasteiger partial charge in [-0.25, -0.2) is 0 Å². The topological polar surface area (TPSA) is 83.6 Å². The minimum Gasteiger partial charge on any atom is -0.480 e. The van der Waals surface area contributed by atoms with Crippen LogP contribution in [0.1, 0.15) is 22.9 Å². The van der Waals surface area contributed by atoms with Crippen LogP contribution in [-0.2, 0) is 11.2 Å². The van der Waals surface area contributed by atoms with Crippen LogP contribution < -0.4 is 14.8 Å². The molecule has 2 atom stereocenters. The summed E-state index contributed by atoms with van der Waals surface area (Å²) in [7, 11) is 0. The summed E-state index contributed by atoms with van der Waals surface area (Å²) in [5.41, 5.74) is 4.04. The molecule has 2 aliphatic heterocycles. The lowest BCUT2D eigenvalue weighted by Gasteiger charge is -2.29. The van der Waals surface area contributed by atoms with E-state index >= 15 is 0 Å².